The van der Waals surface area contributed by atoms with Gasteiger partial charge in [-0.05, 0) is 29.8 Å². The summed E-state index contributed by atoms with van der Waals surface area (Å²) in [5, 5.41) is 6.16. The zero-order valence-electron chi connectivity index (χ0n) is 18.5. The highest BCUT2D eigenvalue weighted by molar-refractivity contribution is 6.30. The van der Waals surface area contributed by atoms with Crippen molar-refractivity contribution in [3.05, 3.63) is 89.1 Å². The number of ether oxygens (including phenoxy) is 1. The van der Waals surface area contributed by atoms with Crippen molar-refractivity contribution in [1.82, 2.24) is 20.4 Å². The van der Waals surface area contributed by atoms with Crippen LogP contribution in [0.4, 0.5) is 4.79 Å². The quantitative estimate of drug-likeness (QED) is 0.426. The van der Waals surface area contributed by atoms with E-state index in [4.69, 9.17) is 16.3 Å². The second-order valence-electron chi connectivity index (χ2n) is 7.87. The number of rotatable bonds is 9. The summed E-state index contributed by atoms with van der Waals surface area (Å²) in [6.07, 6.45) is 1.59. The molecule has 2 aromatic rings. The molecule has 0 aliphatic carbocycles. The van der Waals surface area contributed by atoms with Gasteiger partial charge in [0.15, 0.2) is 0 Å². The molecule has 0 aromatic heterocycles. The Morgan fingerprint density at radius 1 is 1.21 bits per heavy atom. The first kappa shape index (κ1) is 23.4. The highest BCUT2D eigenvalue weighted by Gasteiger charge is 2.44. The Kier molecular flexibility index (Phi) is 7.18. The molecule has 0 bridgehead atoms. The molecule has 0 saturated heterocycles. The van der Waals surface area contributed by atoms with Crippen molar-refractivity contribution in [2.75, 3.05) is 32.8 Å². The van der Waals surface area contributed by atoms with Gasteiger partial charge in [-0.1, -0.05) is 48.0 Å². The van der Waals surface area contributed by atoms with E-state index in [-0.39, 0.29) is 37.5 Å². The lowest BCUT2D eigenvalue weighted by molar-refractivity contribution is -0.131. The Morgan fingerprint density at radius 2 is 2.00 bits per heavy atom. The van der Waals surface area contributed by atoms with Crippen molar-refractivity contribution in [1.29, 1.82) is 0 Å². The first-order valence-corrected chi connectivity index (χ1v) is 11.3. The molecule has 0 radical (unpaired) electrons. The van der Waals surface area contributed by atoms with E-state index in [0.717, 1.165) is 5.75 Å². The first-order valence-electron chi connectivity index (χ1n) is 10.9. The van der Waals surface area contributed by atoms with Crippen molar-refractivity contribution in [3.8, 4) is 5.75 Å². The van der Waals surface area contributed by atoms with E-state index >= 15 is 0 Å². The molecular formula is C25H25ClN4O4. The Labute approximate surface area is 202 Å². The number of urea groups is 1. The van der Waals surface area contributed by atoms with E-state index in [0.29, 0.717) is 35.0 Å². The first-order chi connectivity index (χ1) is 16.5. The van der Waals surface area contributed by atoms with Crippen LogP contribution in [-0.4, -0.2) is 60.4 Å². The summed E-state index contributed by atoms with van der Waals surface area (Å²) in [5.74, 6) is 0.110. The minimum Gasteiger partial charge on any atom is -0.492 e. The fourth-order valence-corrected chi connectivity index (χ4v) is 4.24. The molecule has 9 heteroatoms. The van der Waals surface area contributed by atoms with Crippen LogP contribution < -0.4 is 15.4 Å². The highest BCUT2D eigenvalue weighted by atomic mass is 35.5. The maximum atomic E-state index is 13.3. The van der Waals surface area contributed by atoms with E-state index in [2.05, 4.69) is 17.2 Å². The fourth-order valence-electron chi connectivity index (χ4n) is 4.04. The molecule has 2 heterocycles. The predicted molar refractivity (Wildman–Crippen MR) is 128 cm³/mol. The molecule has 4 rings (SSSR count). The predicted octanol–water partition coefficient (Wildman–Crippen LogP) is 2.88. The number of hydrogen-bond acceptors (Lipinski definition) is 4. The molecule has 2 N–H and O–H groups in total. The summed E-state index contributed by atoms with van der Waals surface area (Å²) in [7, 11) is 0. The van der Waals surface area contributed by atoms with Crippen LogP contribution in [0.15, 0.2) is 78.5 Å². The van der Waals surface area contributed by atoms with Crippen molar-refractivity contribution in [2.24, 2.45) is 0 Å². The number of halogens is 1. The third kappa shape index (κ3) is 5.07. The van der Waals surface area contributed by atoms with Crippen LogP contribution in [-0.2, 0) is 9.59 Å². The maximum Gasteiger partial charge on any atom is 0.322 e. The normalized spacial score (nSPS) is 17.4. The Balaban J connectivity index is 1.43. The van der Waals surface area contributed by atoms with Crippen molar-refractivity contribution in [2.45, 2.75) is 6.04 Å². The van der Waals surface area contributed by atoms with E-state index < -0.39 is 6.04 Å². The van der Waals surface area contributed by atoms with E-state index in [9.17, 15) is 14.4 Å². The third-order valence-electron chi connectivity index (χ3n) is 5.56. The number of carbonyl (C=O) groups excluding carboxylic acids is 3. The van der Waals surface area contributed by atoms with E-state index in [1.165, 1.54) is 9.80 Å². The topological polar surface area (TPSA) is 91.0 Å². The molecule has 0 saturated carbocycles. The lowest BCUT2D eigenvalue weighted by Gasteiger charge is -2.33. The number of carbonyl (C=O) groups is 3. The summed E-state index contributed by atoms with van der Waals surface area (Å²) in [6.45, 7) is 4.59. The summed E-state index contributed by atoms with van der Waals surface area (Å²) < 4.78 is 5.57. The van der Waals surface area contributed by atoms with Crippen LogP contribution in [0.5, 0.6) is 5.75 Å². The zero-order chi connectivity index (χ0) is 24.1. The van der Waals surface area contributed by atoms with Gasteiger partial charge in [0.2, 0.25) is 5.91 Å². The molecule has 8 nitrogen and oxygen atoms in total. The Bertz CT molecular complexity index is 1130. The minimum atomic E-state index is -0.651. The van der Waals surface area contributed by atoms with Gasteiger partial charge in [-0.3, -0.25) is 14.5 Å². The number of nitrogens with zero attached hydrogens (tertiary/aromatic N) is 2. The maximum absolute atomic E-state index is 13.3. The van der Waals surface area contributed by atoms with Gasteiger partial charge >= 0.3 is 6.03 Å². The van der Waals surface area contributed by atoms with Gasteiger partial charge in [0.1, 0.15) is 18.9 Å². The fraction of sp³-hybridized carbons (Fsp3) is 0.240. The molecular weight excluding hydrogens is 456 g/mol. The second kappa shape index (κ2) is 10.4. The van der Waals surface area contributed by atoms with Crippen LogP contribution in [0.25, 0.3) is 0 Å². The monoisotopic (exact) mass is 480 g/mol. The molecule has 2 aromatic carbocycles. The van der Waals surface area contributed by atoms with Crippen LogP contribution in [0.3, 0.4) is 0 Å². The van der Waals surface area contributed by atoms with Crippen molar-refractivity contribution < 1.29 is 19.1 Å². The average Bonchev–Trinajstić information content (AvgIpc) is 3.15. The van der Waals surface area contributed by atoms with Gasteiger partial charge in [0, 0.05) is 11.6 Å². The van der Waals surface area contributed by atoms with Crippen LogP contribution in [0, 0.1) is 0 Å². The van der Waals surface area contributed by atoms with Gasteiger partial charge in [-0.15, -0.1) is 6.58 Å². The summed E-state index contributed by atoms with van der Waals surface area (Å²) in [4.78, 5) is 41.6. The number of nitrogens with one attached hydrogen (secondary N) is 2. The molecule has 4 amide bonds. The van der Waals surface area contributed by atoms with Gasteiger partial charge < -0.3 is 20.3 Å². The molecule has 34 heavy (non-hydrogen) atoms. The number of amides is 4. The largest absolute Gasteiger partial charge is 0.492 e. The standard InChI is InChI=1S/C25H25ClN4O4/c1-2-12-30-20-15-29(16-21(31)27-11-13-34-19-9-4-3-5-10-19)24(32)22(20)23(28-25(30)33)17-7-6-8-18(26)14-17/h2-10,14,23H,1,11-13,15-16H2,(H,27,31)(H,28,33)/t23-/m1/s1. The SMILES string of the molecule is C=CCN1C(=O)N[C@H](c2cccc(Cl)c2)C2=C1CN(CC(=O)NCCOc1ccccc1)C2=O. The van der Waals surface area contributed by atoms with Crippen LogP contribution in [0.2, 0.25) is 5.02 Å². The van der Waals surface area contributed by atoms with Gasteiger partial charge in [-0.2, -0.15) is 0 Å². The van der Waals surface area contributed by atoms with E-state index in [1.807, 2.05) is 30.3 Å². The highest BCUT2D eigenvalue weighted by Crippen LogP contribution is 2.36. The van der Waals surface area contributed by atoms with Gasteiger partial charge in [0.05, 0.1) is 30.4 Å². The molecule has 1 atom stereocenters. The zero-order valence-corrected chi connectivity index (χ0v) is 19.3. The molecule has 0 spiro atoms. The summed E-state index contributed by atoms with van der Waals surface area (Å²) in [5.41, 5.74) is 1.70. The van der Waals surface area contributed by atoms with Crippen molar-refractivity contribution in [3.63, 3.8) is 0 Å². The van der Waals surface area contributed by atoms with E-state index in [1.54, 1.807) is 30.3 Å². The van der Waals surface area contributed by atoms with Crippen molar-refractivity contribution >= 4 is 29.4 Å². The van der Waals surface area contributed by atoms with Crippen LogP contribution >= 0.6 is 11.6 Å². The third-order valence-corrected chi connectivity index (χ3v) is 5.80. The lowest BCUT2D eigenvalue weighted by atomic mass is 9.95. The summed E-state index contributed by atoms with van der Waals surface area (Å²) >= 11 is 6.14. The second-order valence-corrected chi connectivity index (χ2v) is 8.31. The molecule has 2 aliphatic heterocycles. The van der Waals surface area contributed by atoms with Crippen LogP contribution in [0.1, 0.15) is 11.6 Å². The smallest absolute Gasteiger partial charge is 0.322 e. The number of hydrogen-bond donors (Lipinski definition) is 2. The Morgan fingerprint density at radius 3 is 2.74 bits per heavy atom. The lowest BCUT2D eigenvalue weighted by Crippen LogP contribution is -2.47. The molecule has 2 aliphatic rings. The summed E-state index contributed by atoms with van der Waals surface area (Å²) in [6, 6.07) is 15.3. The van der Waals surface area contributed by atoms with Gasteiger partial charge in [0.25, 0.3) is 5.91 Å². The molecule has 0 fully saturated rings. The van der Waals surface area contributed by atoms with Gasteiger partial charge in [-0.25, -0.2) is 4.79 Å². The molecule has 0 unspecified atom stereocenters. The average molecular weight is 481 g/mol. The minimum absolute atomic E-state index is 0.129. The molecule has 176 valence electrons. The Hall–Kier alpha value is -3.78. The number of para-hydroxylation sites is 1. The number of benzene rings is 2.